The van der Waals surface area contributed by atoms with E-state index in [1.165, 1.54) is 11.1 Å². The largest absolute Gasteiger partial charge is 0.393 e. The first-order chi connectivity index (χ1) is 6.27. The molecule has 0 saturated heterocycles. The first kappa shape index (κ1) is 10.3. The van der Waals surface area contributed by atoms with Gasteiger partial charge in [-0.2, -0.15) is 0 Å². The summed E-state index contributed by atoms with van der Waals surface area (Å²) in [6, 6.07) is 8.34. The molecule has 1 aromatic carbocycles. The molecule has 1 rings (SSSR count). The number of hydrogen-bond donors (Lipinski definition) is 1. The van der Waals surface area contributed by atoms with Crippen molar-refractivity contribution in [1.82, 2.24) is 0 Å². The minimum atomic E-state index is -0.187. The average Bonchev–Trinajstić information content (AvgIpc) is 2.18. The maximum atomic E-state index is 9.53. The third-order valence-electron chi connectivity index (χ3n) is 2.43. The summed E-state index contributed by atoms with van der Waals surface area (Å²) in [6.07, 6.45) is 2.48. The van der Waals surface area contributed by atoms with Crippen LogP contribution in [-0.2, 0) is 12.8 Å². The molecule has 0 amide bonds. The Morgan fingerprint density at radius 1 is 1.15 bits per heavy atom. The molecule has 0 radical (unpaired) electrons. The average molecular weight is 178 g/mol. The molecule has 1 aromatic rings. The van der Waals surface area contributed by atoms with Crippen molar-refractivity contribution >= 4 is 0 Å². The lowest BCUT2D eigenvalue weighted by atomic mass is 9.99. The zero-order valence-corrected chi connectivity index (χ0v) is 8.46. The zero-order chi connectivity index (χ0) is 9.68. The second kappa shape index (κ2) is 5.03. The molecular weight excluding hydrogens is 160 g/mol. The Morgan fingerprint density at radius 3 is 2.31 bits per heavy atom. The van der Waals surface area contributed by atoms with E-state index in [2.05, 4.69) is 25.1 Å². The molecule has 1 nitrogen and oxygen atoms in total. The third-order valence-corrected chi connectivity index (χ3v) is 2.43. The van der Waals surface area contributed by atoms with E-state index < -0.39 is 0 Å². The van der Waals surface area contributed by atoms with Gasteiger partial charge in [-0.25, -0.2) is 0 Å². The van der Waals surface area contributed by atoms with Crippen molar-refractivity contribution in [1.29, 1.82) is 0 Å². The van der Waals surface area contributed by atoms with Crippen LogP contribution in [0.5, 0.6) is 0 Å². The van der Waals surface area contributed by atoms with Crippen LogP contribution in [0.25, 0.3) is 0 Å². The van der Waals surface area contributed by atoms with Crippen molar-refractivity contribution in [3.05, 3.63) is 35.4 Å². The van der Waals surface area contributed by atoms with Crippen molar-refractivity contribution in [2.75, 3.05) is 0 Å². The molecule has 0 fully saturated rings. The maximum Gasteiger partial charge on any atom is 0.0578 e. The molecular formula is C12H18O. The molecule has 0 aliphatic heterocycles. The standard InChI is InChI=1S/C12H18O/c1-3-10-7-5-6-8-11(10)9-12(13)4-2/h5-8,12-13H,3-4,9H2,1-2H3. The Bertz CT molecular complexity index is 255. The van der Waals surface area contributed by atoms with E-state index in [-0.39, 0.29) is 6.10 Å². The summed E-state index contributed by atoms with van der Waals surface area (Å²) >= 11 is 0. The van der Waals surface area contributed by atoms with Crippen LogP contribution >= 0.6 is 0 Å². The van der Waals surface area contributed by atoms with Gasteiger partial charge in [0.05, 0.1) is 6.10 Å². The van der Waals surface area contributed by atoms with Crippen LogP contribution in [0.2, 0.25) is 0 Å². The van der Waals surface area contributed by atoms with Crippen LogP contribution in [0.4, 0.5) is 0 Å². The summed E-state index contributed by atoms with van der Waals surface area (Å²) in [6.45, 7) is 4.16. The Hall–Kier alpha value is -0.820. The molecule has 0 bridgehead atoms. The van der Waals surface area contributed by atoms with Crippen molar-refractivity contribution in [2.24, 2.45) is 0 Å². The van der Waals surface area contributed by atoms with E-state index in [1.54, 1.807) is 0 Å². The van der Waals surface area contributed by atoms with Crippen LogP contribution in [0.3, 0.4) is 0 Å². The number of aryl methyl sites for hydroxylation is 1. The highest BCUT2D eigenvalue weighted by Crippen LogP contribution is 2.12. The van der Waals surface area contributed by atoms with Crippen LogP contribution in [-0.4, -0.2) is 11.2 Å². The normalized spacial score (nSPS) is 12.8. The minimum absolute atomic E-state index is 0.187. The number of benzene rings is 1. The zero-order valence-electron chi connectivity index (χ0n) is 8.46. The molecule has 0 aromatic heterocycles. The molecule has 13 heavy (non-hydrogen) atoms. The van der Waals surface area contributed by atoms with E-state index in [1.807, 2.05) is 13.0 Å². The third kappa shape index (κ3) is 2.85. The topological polar surface area (TPSA) is 20.2 Å². The Labute approximate surface area is 80.4 Å². The van der Waals surface area contributed by atoms with Gasteiger partial charge in [0.1, 0.15) is 0 Å². The van der Waals surface area contributed by atoms with Gasteiger partial charge in [-0.15, -0.1) is 0 Å². The second-order valence-corrected chi connectivity index (χ2v) is 3.39. The molecule has 0 aliphatic carbocycles. The number of hydrogen-bond acceptors (Lipinski definition) is 1. The summed E-state index contributed by atoms with van der Waals surface area (Å²) in [5.74, 6) is 0. The van der Waals surface area contributed by atoms with Gasteiger partial charge in [-0.05, 0) is 30.4 Å². The highest BCUT2D eigenvalue weighted by Gasteiger charge is 2.05. The van der Waals surface area contributed by atoms with Gasteiger partial charge in [0.2, 0.25) is 0 Å². The number of aliphatic hydroxyl groups is 1. The maximum absolute atomic E-state index is 9.53. The Morgan fingerprint density at radius 2 is 1.77 bits per heavy atom. The quantitative estimate of drug-likeness (QED) is 0.751. The molecule has 0 aliphatic rings. The van der Waals surface area contributed by atoms with E-state index >= 15 is 0 Å². The number of aliphatic hydroxyl groups excluding tert-OH is 1. The highest BCUT2D eigenvalue weighted by molar-refractivity contribution is 5.27. The number of rotatable bonds is 4. The van der Waals surface area contributed by atoms with E-state index in [0.717, 1.165) is 19.3 Å². The second-order valence-electron chi connectivity index (χ2n) is 3.39. The van der Waals surface area contributed by atoms with Crippen LogP contribution in [0, 0.1) is 0 Å². The van der Waals surface area contributed by atoms with Crippen molar-refractivity contribution in [3.8, 4) is 0 Å². The van der Waals surface area contributed by atoms with Gasteiger partial charge >= 0.3 is 0 Å². The molecule has 1 unspecified atom stereocenters. The lowest BCUT2D eigenvalue weighted by molar-refractivity contribution is 0.170. The first-order valence-corrected chi connectivity index (χ1v) is 5.02. The summed E-state index contributed by atoms with van der Waals surface area (Å²) in [7, 11) is 0. The van der Waals surface area contributed by atoms with Gasteiger partial charge in [0.25, 0.3) is 0 Å². The van der Waals surface area contributed by atoms with E-state index in [4.69, 9.17) is 0 Å². The van der Waals surface area contributed by atoms with Crippen LogP contribution in [0.15, 0.2) is 24.3 Å². The lowest BCUT2D eigenvalue weighted by Gasteiger charge is -2.11. The highest BCUT2D eigenvalue weighted by atomic mass is 16.3. The van der Waals surface area contributed by atoms with Crippen molar-refractivity contribution in [3.63, 3.8) is 0 Å². The van der Waals surface area contributed by atoms with E-state index in [0.29, 0.717) is 0 Å². The van der Waals surface area contributed by atoms with Gasteiger partial charge in [0.15, 0.2) is 0 Å². The van der Waals surface area contributed by atoms with Crippen LogP contribution in [0.1, 0.15) is 31.4 Å². The summed E-state index contributed by atoms with van der Waals surface area (Å²) in [5, 5.41) is 9.53. The fourth-order valence-electron chi connectivity index (χ4n) is 1.50. The SMILES string of the molecule is CCc1ccccc1CC(O)CC. The molecule has 1 heteroatoms. The Balaban J connectivity index is 2.74. The minimum Gasteiger partial charge on any atom is -0.393 e. The molecule has 0 spiro atoms. The molecule has 0 heterocycles. The van der Waals surface area contributed by atoms with Gasteiger partial charge in [0, 0.05) is 0 Å². The predicted molar refractivity (Wildman–Crippen MR) is 55.8 cm³/mol. The monoisotopic (exact) mass is 178 g/mol. The predicted octanol–water partition coefficient (Wildman–Crippen LogP) is 2.56. The summed E-state index contributed by atoms with van der Waals surface area (Å²) in [5.41, 5.74) is 2.65. The fraction of sp³-hybridized carbons (Fsp3) is 0.500. The van der Waals surface area contributed by atoms with Crippen LogP contribution < -0.4 is 0 Å². The first-order valence-electron chi connectivity index (χ1n) is 5.02. The fourth-order valence-corrected chi connectivity index (χ4v) is 1.50. The van der Waals surface area contributed by atoms with Crippen molar-refractivity contribution in [2.45, 2.75) is 39.2 Å². The smallest absolute Gasteiger partial charge is 0.0578 e. The Kier molecular flexibility index (Phi) is 3.97. The van der Waals surface area contributed by atoms with Gasteiger partial charge in [-0.3, -0.25) is 0 Å². The summed E-state index contributed by atoms with van der Waals surface area (Å²) in [4.78, 5) is 0. The molecule has 1 N–H and O–H groups in total. The molecule has 1 atom stereocenters. The lowest BCUT2D eigenvalue weighted by Crippen LogP contribution is -2.09. The summed E-state index contributed by atoms with van der Waals surface area (Å²) < 4.78 is 0. The van der Waals surface area contributed by atoms with Gasteiger partial charge < -0.3 is 5.11 Å². The van der Waals surface area contributed by atoms with Crippen molar-refractivity contribution < 1.29 is 5.11 Å². The molecule has 0 saturated carbocycles. The van der Waals surface area contributed by atoms with E-state index in [9.17, 15) is 5.11 Å². The van der Waals surface area contributed by atoms with Gasteiger partial charge in [-0.1, -0.05) is 38.1 Å². The molecule has 72 valence electrons.